The molecular weight excluding hydrogens is 289 g/mol. The first-order valence-corrected chi connectivity index (χ1v) is 7.97. The first-order chi connectivity index (χ1) is 11.3. The third-order valence-electron chi connectivity index (χ3n) is 3.94. The first kappa shape index (κ1) is 15.7. The number of hydrogen-bond acceptors (Lipinski definition) is 4. The van der Waals surface area contributed by atoms with Crippen LogP contribution in [-0.2, 0) is 6.54 Å². The number of unbranched alkanes of at least 4 members (excludes halogenated alkanes) is 2. The van der Waals surface area contributed by atoms with Gasteiger partial charge in [0.1, 0.15) is 5.82 Å². The molecule has 0 fully saturated rings. The lowest BCUT2D eigenvalue weighted by atomic mass is 9.83. The van der Waals surface area contributed by atoms with E-state index in [9.17, 15) is 0 Å². The molecule has 5 nitrogen and oxygen atoms in total. The lowest BCUT2D eigenvalue weighted by molar-refractivity contribution is 0.401. The van der Waals surface area contributed by atoms with E-state index in [2.05, 4.69) is 15.6 Å². The van der Waals surface area contributed by atoms with Crippen LogP contribution in [0.1, 0.15) is 19.3 Å². The Kier molecular flexibility index (Phi) is 5.05. The zero-order valence-electron chi connectivity index (χ0n) is 13.0. The monoisotopic (exact) mass is 309 g/mol. The molecule has 1 aromatic carbocycles. The fourth-order valence-electron chi connectivity index (χ4n) is 2.80. The Labute approximate surface area is 135 Å². The van der Waals surface area contributed by atoms with Crippen molar-refractivity contribution in [3.8, 4) is 11.4 Å². The molecule has 0 bridgehead atoms. The van der Waals surface area contributed by atoms with Crippen molar-refractivity contribution >= 4 is 18.2 Å². The molecule has 23 heavy (non-hydrogen) atoms. The topological polar surface area (TPSA) is 71.2 Å². The van der Waals surface area contributed by atoms with Crippen LogP contribution in [0.5, 0.6) is 0 Å². The maximum Gasteiger partial charge on any atom is 0.451 e. The van der Waals surface area contributed by atoms with Crippen LogP contribution in [0.3, 0.4) is 0 Å². The summed E-state index contributed by atoms with van der Waals surface area (Å²) in [6, 6.07) is 12.1. The van der Waals surface area contributed by atoms with Gasteiger partial charge in [0.15, 0.2) is 0 Å². The van der Waals surface area contributed by atoms with Crippen LogP contribution < -0.4 is 0 Å². The molecule has 0 aliphatic carbocycles. The van der Waals surface area contributed by atoms with Crippen molar-refractivity contribution < 1.29 is 10.0 Å². The second kappa shape index (κ2) is 7.39. The zero-order valence-corrected chi connectivity index (χ0v) is 13.0. The van der Waals surface area contributed by atoms with E-state index < -0.39 is 7.12 Å². The summed E-state index contributed by atoms with van der Waals surface area (Å²) in [5.74, 6) is 0.954. The number of aromatic nitrogens is 3. The van der Waals surface area contributed by atoms with Gasteiger partial charge in [-0.25, -0.2) is 4.98 Å². The average Bonchev–Trinajstić information content (AvgIpc) is 2.94. The minimum Gasteiger partial charge on any atom is -0.427 e. The van der Waals surface area contributed by atoms with Crippen molar-refractivity contribution in [2.75, 3.05) is 0 Å². The zero-order chi connectivity index (χ0) is 16.1. The minimum absolute atomic E-state index is 0.432. The van der Waals surface area contributed by atoms with Gasteiger partial charge in [-0.2, -0.15) is 0 Å². The lowest BCUT2D eigenvalue weighted by Gasteiger charge is -2.09. The number of benzene rings is 1. The molecule has 0 unspecified atom stereocenters. The van der Waals surface area contributed by atoms with E-state index >= 15 is 0 Å². The van der Waals surface area contributed by atoms with Gasteiger partial charge in [0, 0.05) is 24.5 Å². The Hall–Kier alpha value is -2.18. The number of fused-ring (bicyclic) bond motifs is 1. The van der Waals surface area contributed by atoms with Crippen molar-refractivity contribution in [2.45, 2.75) is 32.1 Å². The maximum atomic E-state index is 8.90. The summed E-state index contributed by atoms with van der Waals surface area (Å²) in [5.41, 5.74) is 3.17. The Bertz CT molecular complexity index is 759. The number of nitrogens with zero attached hydrogens (tertiary/aromatic N) is 3. The van der Waals surface area contributed by atoms with Crippen LogP contribution in [0.4, 0.5) is 0 Å². The molecule has 0 spiro atoms. The molecule has 0 aliphatic rings. The average molecular weight is 309 g/mol. The quantitative estimate of drug-likeness (QED) is 0.520. The number of para-hydroxylation sites is 2. The molecule has 6 heteroatoms. The van der Waals surface area contributed by atoms with Crippen molar-refractivity contribution in [1.82, 2.24) is 14.5 Å². The van der Waals surface area contributed by atoms with Crippen molar-refractivity contribution in [3.05, 3.63) is 48.8 Å². The van der Waals surface area contributed by atoms with Gasteiger partial charge in [0.25, 0.3) is 0 Å². The summed E-state index contributed by atoms with van der Waals surface area (Å²) in [4.78, 5) is 8.84. The van der Waals surface area contributed by atoms with Crippen LogP contribution >= 0.6 is 0 Å². The molecule has 0 atom stereocenters. The summed E-state index contributed by atoms with van der Waals surface area (Å²) in [7, 11) is -1.20. The third-order valence-corrected chi connectivity index (χ3v) is 3.94. The number of aryl methyl sites for hydroxylation is 1. The van der Waals surface area contributed by atoms with Crippen LogP contribution in [0.25, 0.3) is 22.4 Å². The van der Waals surface area contributed by atoms with Gasteiger partial charge in [-0.05, 0) is 37.0 Å². The van der Waals surface area contributed by atoms with E-state index in [1.807, 2.05) is 30.3 Å². The van der Waals surface area contributed by atoms with Crippen molar-refractivity contribution in [1.29, 1.82) is 0 Å². The SMILES string of the molecule is OB(O)CCCCCn1c(-c2ccncc2)nc2ccccc21. The highest BCUT2D eigenvalue weighted by molar-refractivity contribution is 6.40. The van der Waals surface area contributed by atoms with Crippen molar-refractivity contribution in [2.24, 2.45) is 0 Å². The normalized spacial score (nSPS) is 11.0. The predicted molar refractivity (Wildman–Crippen MR) is 91.8 cm³/mol. The van der Waals surface area contributed by atoms with E-state index in [1.54, 1.807) is 12.4 Å². The van der Waals surface area contributed by atoms with Gasteiger partial charge in [-0.15, -0.1) is 0 Å². The summed E-state index contributed by atoms with van der Waals surface area (Å²) in [5, 5.41) is 17.8. The highest BCUT2D eigenvalue weighted by Gasteiger charge is 2.12. The number of hydrogen-bond donors (Lipinski definition) is 2. The van der Waals surface area contributed by atoms with Crippen LogP contribution in [0.2, 0.25) is 6.32 Å². The van der Waals surface area contributed by atoms with Gasteiger partial charge in [-0.3, -0.25) is 4.98 Å². The van der Waals surface area contributed by atoms with Crippen LogP contribution in [0.15, 0.2) is 48.8 Å². The highest BCUT2D eigenvalue weighted by Crippen LogP contribution is 2.25. The Balaban J connectivity index is 1.82. The summed E-state index contributed by atoms with van der Waals surface area (Å²) >= 11 is 0. The molecule has 2 N–H and O–H groups in total. The van der Waals surface area contributed by atoms with E-state index in [0.29, 0.717) is 6.32 Å². The standard InChI is InChI=1S/C17H20BN3O2/c22-18(23)10-4-1-5-13-21-16-7-3-2-6-15(16)20-17(21)14-8-11-19-12-9-14/h2-3,6-9,11-12,22-23H,1,4-5,10,13H2. The fraction of sp³-hybridized carbons (Fsp3) is 0.294. The largest absolute Gasteiger partial charge is 0.451 e. The maximum absolute atomic E-state index is 8.90. The predicted octanol–water partition coefficient (Wildman–Crippen LogP) is 2.74. The van der Waals surface area contributed by atoms with Crippen LogP contribution in [0, 0.1) is 0 Å². The van der Waals surface area contributed by atoms with E-state index in [1.165, 1.54) is 0 Å². The van der Waals surface area contributed by atoms with Gasteiger partial charge in [-0.1, -0.05) is 25.0 Å². The van der Waals surface area contributed by atoms with Gasteiger partial charge in [0.05, 0.1) is 11.0 Å². The number of imidazole rings is 1. The van der Waals surface area contributed by atoms with Gasteiger partial charge >= 0.3 is 7.12 Å². The first-order valence-electron chi connectivity index (χ1n) is 7.97. The summed E-state index contributed by atoms with van der Waals surface area (Å²) in [6.07, 6.45) is 6.74. The van der Waals surface area contributed by atoms with Crippen molar-refractivity contribution in [3.63, 3.8) is 0 Å². The molecule has 2 heterocycles. The van der Waals surface area contributed by atoms with E-state index in [0.717, 1.165) is 48.2 Å². The Morgan fingerprint density at radius 3 is 2.52 bits per heavy atom. The molecule has 0 aliphatic heterocycles. The molecule has 3 aromatic rings. The molecule has 2 aromatic heterocycles. The van der Waals surface area contributed by atoms with E-state index in [-0.39, 0.29) is 0 Å². The summed E-state index contributed by atoms with van der Waals surface area (Å²) in [6.45, 7) is 0.861. The number of pyridine rings is 1. The highest BCUT2D eigenvalue weighted by atomic mass is 16.4. The van der Waals surface area contributed by atoms with Gasteiger partial charge < -0.3 is 14.6 Å². The Morgan fingerprint density at radius 1 is 0.957 bits per heavy atom. The second-order valence-corrected chi connectivity index (χ2v) is 5.64. The van der Waals surface area contributed by atoms with Crippen LogP contribution in [-0.4, -0.2) is 31.7 Å². The minimum atomic E-state index is -1.20. The molecule has 118 valence electrons. The lowest BCUT2D eigenvalue weighted by Crippen LogP contribution is -2.09. The third kappa shape index (κ3) is 3.78. The van der Waals surface area contributed by atoms with Gasteiger partial charge in [0.2, 0.25) is 0 Å². The fourth-order valence-corrected chi connectivity index (χ4v) is 2.80. The summed E-state index contributed by atoms with van der Waals surface area (Å²) < 4.78 is 2.24. The molecule has 0 amide bonds. The smallest absolute Gasteiger partial charge is 0.427 e. The second-order valence-electron chi connectivity index (χ2n) is 5.64. The molecule has 0 radical (unpaired) electrons. The Morgan fingerprint density at radius 2 is 1.74 bits per heavy atom. The molecular formula is C17H20BN3O2. The molecule has 0 saturated carbocycles. The molecule has 0 saturated heterocycles. The van der Waals surface area contributed by atoms with E-state index in [4.69, 9.17) is 15.0 Å². The number of rotatable bonds is 7. The molecule has 3 rings (SSSR count).